The highest BCUT2D eigenvalue weighted by Crippen LogP contribution is 2.28. The van der Waals surface area contributed by atoms with Crippen LogP contribution >= 0.6 is 11.6 Å². The van der Waals surface area contributed by atoms with Gasteiger partial charge in [-0.2, -0.15) is 0 Å². The number of nitrogens with one attached hydrogen (secondary N) is 1. The average molecular weight is 443 g/mol. The first-order valence-corrected chi connectivity index (χ1v) is 10.5. The molecule has 0 saturated heterocycles. The largest absolute Gasteiger partial charge is 0.451 e. The number of aryl methyl sites for hydroxylation is 1. The van der Waals surface area contributed by atoms with Gasteiger partial charge in [0, 0.05) is 22.7 Å². The Morgan fingerprint density at radius 3 is 2.62 bits per heavy atom. The number of hydrogen-bond acceptors (Lipinski definition) is 4. The van der Waals surface area contributed by atoms with Crippen molar-refractivity contribution in [3.05, 3.63) is 107 Å². The minimum absolute atomic E-state index is 0.210. The summed E-state index contributed by atoms with van der Waals surface area (Å²) in [5, 5.41) is 3.50. The number of furan rings is 1. The van der Waals surface area contributed by atoms with Crippen molar-refractivity contribution in [2.45, 2.75) is 13.3 Å². The molecule has 6 heteroatoms. The van der Waals surface area contributed by atoms with Crippen LogP contribution in [-0.2, 0) is 6.42 Å². The van der Waals surface area contributed by atoms with Crippen LogP contribution in [-0.4, -0.2) is 10.9 Å². The van der Waals surface area contributed by atoms with Crippen molar-refractivity contribution in [3.8, 4) is 11.3 Å². The van der Waals surface area contributed by atoms with Crippen molar-refractivity contribution < 1.29 is 13.6 Å². The van der Waals surface area contributed by atoms with Crippen molar-refractivity contribution >= 4 is 34.3 Å². The second-order valence-corrected chi connectivity index (χ2v) is 7.94. The molecule has 2 aromatic heterocycles. The van der Waals surface area contributed by atoms with Crippen LogP contribution in [0.15, 0.2) is 87.7 Å². The van der Waals surface area contributed by atoms with Gasteiger partial charge in [-0.3, -0.25) is 4.79 Å². The first kappa shape index (κ1) is 20.1. The van der Waals surface area contributed by atoms with Crippen LogP contribution in [0.1, 0.15) is 27.6 Å². The Hall–Kier alpha value is -3.83. The zero-order valence-electron chi connectivity index (χ0n) is 17.3. The van der Waals surface area contributed by atoms with Gasteiger partial charge < -0.3 is 14.2 Å². The van der Waals surface area contributed by atoms with Crippen LogP contribution < -0.4 is 5.32 Å². The summed E-state index contributed by atoms with van der Waals surface area (Å²) in [5.74, 6) is 1.07. The van der Waals surface area contributed by atoms with Gasteiger partial charge in [0.1, 0.15) is 11.3 Å². The van der Waals surface area contributed by atoms with E-state index in [0.717, 1.165) is 16.7 Å². The minimum Gasteiger partial charge on any atom is -0.451 e. The van der Waals surface area contributed by atoms with Gasteiger partial charge in [0.05, 0.1) is 0 Å². The molecule has 5 aromatic rings. The number of nitrogens with zero attached hydrogens (tertiary/aromatic N) is 1. The highest BCUT2D eigenvalue weighted by molar-refractivity contribution is 6.31. The maximum Gasteiger partial charge on any atom is 0.291 e. The third-order valence-corrected chi connectivity index (χ3v) is 5.58. The Morgan fingerprint density at radius 1 is 0.969 bits per heavy atom. The molecule has 0 bridgehead atoms. The number of halogens is 1. The quantitative estimate of drug-likeness (QED) is 0.321. The van der Waals surface area contributed by atoms with Gasteiger partial charge in [-0.15, -0.1) is 0 Å². The summed E-state index contributed by atoms with van der Waals surface area (Å²) in [7, 11) is 0. The number of anilines is 1. The first-order valence-electron chi connectivity index (χ1n) is 10.2. The predicted molar refractivity (Wildman–Crippen MR) is 125 cm³/mol. The lowest BCUT2D eigenvalue weighted by Gasteiger charge is -2.03. The molecule has 0 aliphatic heterocycles. The highest BCUT2D eigenvalue weighted by atomic mass is 35.5. The van der Waals surface area contributed by atoms with Gasteiger partial charge in [0.15, 0.2) is 17.2 Å². The number of hydrogen-bond donors (Lipinski definition) is 1. The van der Waals surface area contributed by atoms with Crippen molar-refractivity contribution in [2.24, 2.45) is 0 Å². The lowest BCUT2D eigenvalue weighted by Crippen LogP contribution is -2.10. The summed E-state index contributed by atoms with van der Waals surface area (Å²) < 4.78 is 11.6. The second-order valence-electron chi connectivity index (χ2n) is 7.53. The zero-order chi connectivity index (χ0) is 22.1. The maximum atomic E-state index is 12.7. The van der Waals surface area contributed by atoms with Crippen LogP contribution in [0.2, 0.25) is 5.02 Å². The highest BCUT2D eigenvalue weighted by Gasteiger charge is 2.14. The molecule has 0 saturated carbocycles. The molecular weight excluding hydrogens is 424 g/mol. The van der Waals surface area contributed by atoms with E-state index in [9.17, 15) is 4.79 Å². The maximum absolute atomic E-state index is 12.7. The predicted octanol–water partition coefficient (Wildman–Crippen LogP) is 6.89. The lowest BCUT2D eigenvalue weighted by molar-refractivity contribution is 0.0997. The monoisotopic (exact) mass is 442 g/mol. The second kappa shape index (κ2) is 8.36. The van der Waals surface area contributed by atoms with E-state index in [-0.39, 0.29) is 11.7 Å². The lowest BCUT2D eigenvalue weighted by atomic mass is 10.1. The minimum atomic E-state index is -0.346. The fraction of sp³-hybridized carbons (Fsp3) is 0.0769. The molecule has 0 aliphatic rings. The molecule has 0 fully saturated rings. The van der Waals surface area contributed by atoms with Crippen molar-refractivity contribution in [3.63, 3.8) is 0 Å². The van der Waals surface area contributed by atoms with E-state index in [1.54, 1.807) is 30.3 Å². The van der Waals surface area contributed by atoms with Crippen molar-refractivity contribution in [2.75, 3.05) is 5.32 Å². The normalized spacial score (nSPS) is 11.1. The number of oxazole rings is 1. The molecule has 0 aliphatic carbocycles. The molecule has 158 valence electrons. The van der Waals surface area contributed by atoms with Crippen molar-refractivity contribution in [1.29, 1.82) is 0 Å². The smallest absolute Gasteiger partial charge is 0.291 e. The molecule has 5 nitrogen and oxygen atoms in total. The number of amides is 1. The molecule has 0 atom stereocenters. The number of benzene rings is 3. The Bertz CT molecular complexity index is 1420. The van der Waals surface area contributed by atoms with E-state index < -0.39 is 0 Å². The molecule has 32 heavy (non-hydrogen) atoms. The summed E-state index contributed by atoms with van der Waals surface area (Å²) in [6.07, 6.45) is 0.607. The molecular formula is C26H19ClN2O3. The number of carbonyl (C=O) groups is 1. The molecule has 5 rings (SSSR count). The molecule has 1 amide bonds. The summed E-state index contributed by atoms with van der Waals surface area (Å²) in [6, 6.07) is 24.4. The van der Waals surface area contributed by atoms with E-state index in [2.05, 4.69) is 10.3 Å². The van der Waals surface area contributed by atoms with Gasteiger partial charge in [-0.25, -0.2) is 4.98 Å². The molecule has 0 unspecified atom stereocenters. The SMILES string of the molecule is Cc1ccc(-c2ccc(C(=O)Nc3ccc4oc(Cc5ccccc5)nc4c3)o2)cc1Cl. The van der Waals surface area contributed by atoms with E-state index in [1.165, 1.54) is 0 Å². The van der Waals surface area contributed by atoms with Gasteiger partial charge in [-0.05, 0) is 54.4 Å². The van der Waals surface area contributed by atoms with E-state index in [4.69, 9.17) is 20.4 Å². The zero-order valence-corrected chi connectivity index (χ0v) is 18.0. The average Bonchev–Trinajstić information content (AvgIpc) is 3.43. The molecule has 3 aromatic carbocycles. The molecule has 1 N–H and O–H groups in total. The van der Waals surface area contributed by atoms with E-state index in [0.29, 0.717) is 39.9 Å². The third-order valence-electron chi connectivity index (χ3n) is 5.17. The van der Waals surface area contributed by atoms with Gasteiger partial charge in [-0.1, -0.05) is 54.1 Å². The van der Waals surface area contributed by atoms with Crippen LogP contribution in [0.3, 0.4) is 0 Å². The number of rotatable bonds is 5. The Morgan fingerprint density at radius 2 is 1.81 bits per heavy atom. The molecule has 0 spiro atoms. The third kappa shape index (κ3) is 4.15. The first-order chi connectivity index (χ1) is 15.5. The van der Waals surface area contributed by atoms with Gasteiger partial charge in [0.25, 0.3) is 5.91 Å². The van der Waals surface area contributed by atoms with E-state index in [1.807, 2.05) is 55.5 Å². The fourth-order valence-electron chi connectivity index (χ4n) is 3.45. The topological polar surface area (TPSA) is 68.3 Å². The summed E-state index contributed by atoms with van der Waals surface area (Å²) in [6.45, 7) is 1.93. The number of fused-ring (bicyclic) bond motifs is 1. The van der Waals surface area contributed by atoms with Crippen LogP contribution in [0.5, 0.6) is 0 Å². The summed E-state index contributed by atoms with van der Waals surface area (Å²) >= 11 is 6.20. The van der Waals surface area contributed by atoms with Gasteiger partial charge >= 0.3 is 0 Å². The standard InChI is InChI=1S/C26H19ClN2O3/c1-16-7-8-18(14-20(16)27)22-11-12-24(31-22)26(30)28-19-9-10-23-21(15-19)29-25(32-23)13-17-5-3-2-4-6-17/h2-12,14-15H,13H2,1H3,(H,28,30). The van der Waals surface area contributed by atoms with Crippen LogP contribution in [0, 0.1) is 6.92 Å². The van der Waals surface area contributed by atoms with Crippen LogP contribution in [0.4, 0.5) is 5.69 Å². The Kier molecular flexibility index (Phi) is 5.25. The van der Waals surface area contributed by atoms with Gasteiger partial charge in [0.2, 0.25) is 0 Å². The Balaban J connectivity index is 1.32. The molecule has 0 radical (unpaired) electrons. The molecule has 2 heterocycles. The fourth-order valence-corrected chi connectivity index (χ4v) is 3.63. The Labute approximate surface area is 189 Å². The number of aromatic nitrogens is 1. The van der Waals surface area contributed by atoms with Crippen LogP contribution in [0.25, 0.3) is 22.4 Å². The number of carbonyl (C=O) groups excluding carboxylic acids is 1. The summed E-state index contributed by atoms with van der Waals surface area (Å²) in [5.41, 5.74) is 4.88. The van der Waals surface area contributed by atoms with E-state index >= 15 is 0 Å². The summed E-state index contributed by atoms with van der Waals surface area (Å²) in [4.78, 5) is 17.2. The van der Waals surface area contributed by atoms with Crippen molar-refractivity contribution in [1.82, 2.24) is 4.98 Å².